The van der Waals surface area contributed by atoms with E-state index in [9.17, 15) is 5.11 Å². The van der Waals surface area contributed by atoms with E-state index in [4.69, 9.17) is 15.5 Å². The van der Waals surface area contributed by atoms with Gasteiger partial charge in [-0.05, 0) is 76.0 Å². The number of aliphatic hydroxyl groups is 1. The lowest BCUT2D eigenvalue weighted by atomic mass is 9.81. The van der Waals surface area contributed by atoms with Crippen molar-refractivity contribution in [3.8, 4) is 28.0 Å². The summed E-state index contributed by atoms with van der Waals surface area (Å²) in [6.45, 7) is 2.60. The van der Waals surface area contributed by atoms with Crippen molar-refractivity contribution in [2.24, 2.45) is 0 Å². The first kappa shape index (κ1) is 22.9. The van der Waals surface area contributed by atoms with Gasteiger partial charge in [-0.15, -0.1) is 11.3 Å². The van der Waals surface area contributed by atoms with Crippen LogP contribution >= 0.6 is 11.3 Å². The Morgan fingerprint density at radius 3 is 2.79 bits per heavy atom. The number of nitrogens with two attached hydrogens (primary N) is 1. The van der Waals surface area contributed by atoms with Gasteiger partial charge in [-0.3, -0.25) is 0 Å². The molecule has 1 aromatic carbocycles. The predicted octanol–water partition coefficient (Wildman–Crippen LogP) is 4.44. The van der Waals surface area contributed by atoms with Gasteiger partial charge < -0.3 is 20.5 Å². The quantitative estimate of drug-likeness (QED) is 0.532. The molecule has 0 bridgehead atoms. The monoisotopic (exact) mass is 474 g/mol. The van der Waals surface area contributed by atoms with E-state index in [0.717, 1.165) is 66.8 Å². The molecule has 0 unspecified atom stereocenters. The van der Waals surface area contributed by atoms with E-state index in [1.54, 1.807) is 17.5 Å². The third kappa shape index (κ3) is 5.25. The van der Waals surface area contributed by atoms with Crippen molar-refractivity contribution in [2.45, 2.75) is 50.2 Å². The zero-order chi connectivity index (χ0) is 23.5. The van der Waals surface area contributed by atoms with E-state index in [0.29, 0.717) is 24.1 Å². The van der Waals surface area contributed by atoms with Gasteiger partial charge in [0.1, 0.15) is 12.2 Å². The molecule has 1 saturated carbocycles. The van der Waals surface area contributed by atoms with Crippen LogP contribution in [0.5, 0.6) is 5.75 Å². The summed E-state index contributed by atoms with van der Waals surface area (Å²) in [4.78, 5) is 12.5. The van der Waals surface area contributed by atoms with Gasteiger partial charge in [0.25, 0.3) is 0 Å². The van der Waals surface area contributed by atoms with Gasteiger partial charge in [-0.1, -0.05) is 24.0 Å². The van der Waals surface area contributed by atoms with Crippen LogP contribution in [-0.4, -0.2) is 45.7 Å². The lowest BCUT2D eigenvalue weighted by Crippen LogP contribution is -2.34. The highest BCUT2D eigenvalue weighted by Gasteiger charge is 2.32. The van der Waals surface area contributed by atoms with Crippen LogP contribution in [0, 0.1) is 11.8 Å². The molecule has 176 valence electrons. The van der Waals surface area contributed by atoms with Gasteiger partial charge in [-0.25, -0.2) is 9.97 Å². The Morgan fingerprint density at radius 2 is 2.03 bits per heavy atom. The van der Waals surface area contributed by atoms with Crippen LogP contribution in [0.2, 0.25) is 0 Å². The third-order valence-electron chi connectivity index (χ3n) is 6.70. The highest BCUT2D eigenvalue weighted by atomic mass is 32.1. The molecule has 1 saturated heterocycles. The number of hydrogen-bond acceptors (Lipinski definition) is 7. The first-order valence-electron chi connectivity index (χ1n) is 11.8. The zero-order valence-corrected chi connectivity index (χ0v) is 20.3. The van der Waals surface area contributed by atoms with Crippen molar-refractivity contribution >= 4 is 17.2 Å². The summed E-state index contributed by atoms with van der Waals surface area (Å²) in [5.41, 5.74) is 8.12. The highest BCUT2D eigenvalue weighted by Crippen LogP contribution is 2.36. The number of rotatable bonds is 5. The molecule has 5 rings (SSSR count). The summed E-state index contributed by atoms with van der Waals surface area (Å²) in [6.07, 6.45) is 8.58. The number of piperidine rings is 1. The third-order valence-corrected chi connectivity index (χ3v) is 7.91. The maximum absolute atomic E-state index is 10.2. The van der Waals surface area contributed by atoms with Crippen LogP contribution in [-0.2, 0) is 6.61 Å². The van der Waals surface area contributed by atoms with E-state index >= 15 is 0 Å². The second kappa shape index (κ2) is 9.75. The molecule has 1 aliphatic heterocycles. The summed E-state index contributed by atoms with van der Waals surface area (Å²) >= 11 is 1.74. The molecule has 2 aliphatic rings. The number of hydrogen-bond donors (Lipinski definition) is 2. The van der Waals surface area contributed by atoms with Crippen molar-refractivity contribution in [3.05, 3.63) is 58.9 Å². The molecule has 3 aromatic rings. The molecule has 0 amide bonds. The Morgan fingerprint density at radius 1 is 1.21 bits per heavy atom. The van der Waals surface area contributed by atoms with Crippen molar-refractivity contribution in [1.29, 1.82) is 0 Å². The van der Waals surface area contributed by atoms with Crippen LogP contribution in [0.15, 0.2) is 42.7 Å². The van der Waals surface area contributed by atoms with Gasteiger partial charge >= 0.3 is 0 Å². The first-order chi connectivity index (χ1) is 16.5. The van der Waals surface area contributed by atoms with Gasteiger partial charge in [-0.2, -0.15) is 0 Å². The summed E-state index contributed by atoms with van der Waals surface area (Å²) in [5, 5.41) is 11.4. The van der Waals surface area contributed by atoms with Gasteiger partial charge in [0, 0.05) is 29.4 Å². The molecule has 3 heterocycles. The fourth-order valence-electron chi connectivity index (χ4n) is 4.30. The van der Waals surface area contributed by atoms with Crippen molar-refractivity contribution in [2.75, 3.05) is 25.9 Å². The number of thiazole rings is 1. The average molecular weight is 475 g/mol. The molecule has 2 fully saturated rings. The van der Waals surface area contributed by atoms with Crippen LogP contribution in [0.4, 0.5) is 5.82 Å². The second-order valence-electron chi connectivity index (χ2n) is 9.37. The minimum atomic E-state index is -0.809. The largest absolute Gasteiger partial charge is 0.485 e. The van der Waals surface area contributed by atoms with Gasteiger partial charge in [0.05, 0.1) is 9.88 Å². The standard InChI is InChI=1S/C27H30N4O2S/c1-31-12-7-21(8-13-31)26-30-17-24(34-26)22-15-23(25(28)29-16-22)33-18-20-5-2-4-19(14-20)6-11-27(32)9-3-10-27/h2,4-5,14-17,21,32H,3,7-10,12-13,18H2,1H3,(H2,28,29). The zero-order valence-electron chi connectivity index (χ0n) is 19.5. The van der Waals surface area contributed by atoms with Crippen molar-refractivity contribution in [1.82, 2.24) is 14.9 Å². The molecule has 0 atom stereocenters. The lowest BCUT2D eigenvalue weighted by Gasteiger charge is -2.30. The molecule has 1 aliphatic carbocycles. The molecular weight excluding hydrogens is 444 g/mol. The Labute approximate surface area is 204 Å². The minimum absolute atomic E-state index is 0.360. The van der Waals surface area contributed by atoms with Crippen LogP contribution in [0.1, 0.15) is 54.2 Å². The maximum Gasteiger partial charge on any atom is 0.166 e. The fraction of sp³-hybridized carbons (Fsp3) is 0.407. The maximum atomic E-state index is 10.2. The average Bonchev–Trinajstić information content (AvgIpc) is 3.32. The smallest absolute Gasteiger partial charge is 0.166 e. The van der Waals surface area contributed by atoms with E-state index in [2.05, 4.69) is 28.8 Å². The molecule has 34 heavy (non-hydrogen) atoms. The number of ether oxygens (including phenoxy) is 1. The Balaban J connectivity index is 1.26. The second-order valence-corrected chi connectivity index (χ2v) is 10.4. The SMILES string of the molecule is CN1CCC(c2ncc(-c3cnc(N)c(OCc4cccc(C#CC5(O)CCC5)c4)c3)s2)CC1. The number of benzene rings is 1. The molecule has 0 spiro atoms. The summed E-state index contributed by atoms with van der Waals surface area (Å²) in [5.74, 6) is 7.57. The first-order valence-corrected chi connectivity index (χ1v) is 12.7. The van der Waals surface area contributed by atoms with E-state index in [1.165, 1.54) is 5.01 Å². The predicted molar refractivity (Wildman–Crippen MR) is 136 cm³/mol. The number of aromatic nitrogens is 2. The number of anilines is 1. The Hall–Kier alpha value is -2.92. The summed E-state index contributed by atoms with van der Waals surface area (Å²) in [7, 11) is 2.17. The number of nitrogens with zero attached hydrogens (tertiary/aromatic N) is 3. The van der Waals surface area contributed by atoms with Crippen LogP contribution < -0.4 is 10.5 Å². The van der Waals surface area contributed by atoms with Gasteiger partial charge in [0.2, 0.25) is 0 Å². The summed E-state index contributed by atoms with van der Waals surface area (Å²) in [6, 6.07) is 9.83. The van der Waals surface area contributed by atoms with Gasteiger partial charge in [0.15, 0.2) is 11.6 Å². The van der Waals surface area contributed by atoms with Crippen molar-refractivity contribution < 1.29 is 9.84 Å². The Kier molecular flexibility index (Phi) is 6.55. The van der Waals surface area contributed by atoms with E-state index < -0.39 is 5.60 Å². The lowest BCUT2D eigenvalue weighted by molar-refractivity contribution is 0.0240. The number of nitrogen functional groups attached to an aromatic ring is 1. The topological polar surface area (TPSA) is 84.5 Å². The fourth-order valence-corrected chi connectivity index (χ4v) is 5.36. The number of pyridine rings is 1. The summed E-state index contributed by atoms with van der Waals surface area (Å²) < 4.78 is 6.05. The molecule has 2 aromatic heterocycles. The molecule has 0 radical (unpaired) electrons. The van der Waals surface area contributed by atoms with Crippen molar-refractivity contribution in [3.63, 3.8) is 0 Å². The van der Waals surface area contributed by atoms with E-state index in [1.807, 2.05) is 36.5 Å². The number of likely N-dealkylation sites (tertiary alicyclic amines) is 1. The molecule has 6 nitrogen and oxygen atoms in total. The Bertz CT molecular complexity index is 1220. The molecule has 3 N–H and O–H groups in total. The minimum Gasteiger partial charge on any atom is -0.485 e. The normalized spacial score (nSPS) is 18.1. The van der Waals surface area contributed by atoms with E-state index in [-0.39, 0.29) is 0 Å². The highest BCUT2D eigenvalue weighted by molar-refractivity contribution is 7.15. The molecular formula is C27H30N4O2S. The van der Waals surface area contributed by atoms with Crippen LogP contribution in [0.3, 0.4) is 0 Å². The molecule has 7 heteroatoms. The van der Waals surface area contributed by atoms with Crippen LogP contribution in [0.25, 0.3) is 10.4 Å².